The van der Waals surface area contributed by atoms with Crippen LogP contribution in [0.2, 0.25) is 0 Å². The first-order chi connectivity index (χ1) is 15.9. The third kappa shape index (κ3) is 5.43. The molecule has 9 nitrogen and oxygen atoms in total. The topological polar surface area (TPSA) is 132 Å². The van der Waals surface area contributed by atoms with E-state index in [1.54, 1.807) is 4.90 Å². The normalized spacial score (nSPS) is 18.9. The summed E-state index contributed by atoms with van der Waals surface area (Å²) in [5.41, 5.74) is 9.04. The molecule has 2 aliphatic heterocycles. The zero-order valence-electron chi connectivity index (χ0n) is 18.4. The molecular weight excluding hydrogens is 422 g/mol. The van der Waals surface area contributed by atoms with Gasteiger partial charge in [0.05, 0.1) is 12.5 Å². The van der Waals surface area contributed by atoms with Crippen LogP contribution in [0, 0.1) is 11.3 Å². The minimum atomic E-state index is -0.715. The molecule has 2 aromatic rings. The van der Waals surface area contributed by atoms with Crippen LogP contribution in [0.25, 0.3) is 0 Å². The molecule has 4 rings (SSSR count). The highest BCUT2D eigenvalue weighted by Gasteiger charge is 2.32. The lowest BCUT2D eigenvalue weighted by atomic mass is 9.97. The molecule has 33 heavy (non-hydrogen) atoms. The molecule has 2 fully saturated rings. The highest BCUT2D eigenvalue weighted by molar-refractivity contribution is 5.94. The van der Waals surface area contributed by atoms with Crippen LogP contribution < -0.4 is 20.9 Å². The van der Waals surface area contributed by atoms with Crippen molar-refractivity contribution in [1.29, 1.82) is 5.41 Å². The van der Waals surface area contributed by atoms with E-state index in [4.69, 9.17) is 21.0 Å². The van der Waals surface area contributed by atoms with E-state index in [-0.39, 0.29) is 24.0 Å². The van der Waals surface area contributed by atoms with Gasteiger partial charge in [-0.2, -0.15) is 0 Å². The number of ether oxygens (including phenoxy) is 1. The summed E-state index contributed by atoms with van der Waals surface area (Å²) >= 11 is 0. The van der Waals surface area contributed by atoms with E-state index in [2.05, 4.69) is 10.2 Å². The smallest absolute Gasteiger partial charge is 0.414 e. The number of amidine groups is 1. The molecule has 0 aliphatic carbocycles. The first-order valence-corrected chi connectivity index (χ1v) is 11.1. The van der Waals surface area contributed by atoms with Crippen LogP contribution in [0.1, 0.15) is 24.0 Å². The quantitative estimate of drug-likeness (QED) is 0.358. The van der Waals surface area contributed by atoms with Gasteiger partial charge in [0.15, 0.2) is 0 Å². The summed E-state index contributed by atoms with van der Waals surface area (Å²) in [7, 11) is 0. The largest absolute Gasteiger partial charge is 0.481 e. The monoisotopic (exact) mass is 451 g/mol. The lowest BCUT2D eigenvalue weighted by Gasteiger charge is -2.32. The van der Waals surface area contributed by atoms with E-state index in [1.807, 2.05) is 48.5 Å². The van der Waals surface area contributed by atoms with Gasteiger partial charge in [0.2, 0.25) is 0 Å². The molecule has 2 saturated heterocycles. The molecule has 2 heterocycles. The van der Waals surface area contributed by atoms with Gasteiger partial charge in [-0.05, 0) is 42.7 Å². The second-order valence-electron chi connectivity index (χ2n) is 8.47. The molecule has 1 atom stereocenters. The number of cyclic esters (lactones) is 1. The van der Waals surface area contributed by atoms with E-state index in [9.17, 15) is 9.59 Å². The highest BCUT2D eigenvalue weighted by Crippen LogP contribution is 2.27. The van der Waals surface area contributed by atoms with Gasteiger partial charge in [-0.3, -0.25) is 15.1 Å². The third-order valence-electron chi connectivity index (χ3n) is 6.21. The summed E-state index contributed by atoms with van der Waals surface area (Å²) in [6, 6.07) is 15.2. The minimum Gasteiger partial charge on any atom is -0.481 e. The van der Waals surface area contributed by atoms with E-state index in [0.29, 0.717) is 51.1 Å². The number of nitrogens with one attached hydrogen (secondary N) is 2. The molecule has 174 valence electrons. The number of piperidine rings is 1. The van der Waals surface area contributed by atoms with E-state index in [0.717, 1.165) is 16.9 Å². The molecule has 0 unspecified atom stereocenters. The lowest BCUT2D eigenvalue weighted by Crippen LogP contribution is -2.36. The van der Waals surface area contributed by atoms with Gasteiger partial charge in [-0.1, -0.05) is 24.3 Å². The fourth-order valence-electron chi connectivity index (χ4n) is 4.25. The summed E-state index contributed by atoms with van der Waals surface area (Å²) in [6.45, 7) is 3.06. The second kappa shape index (κ2) is 9.91. The summed E-state index contributed by atoms with van der Waals surface area (Å²) < 4.78 is 5.51. The Morgan fingerprint density at radius 3 is 2.33 bits per heavy atom. The van der Waals surface area contributed by atoms with Crippen molar-refractivity contribution >= 4 is 29.3 Å². The van der Waals surface area contributed by atoms with Crippen molar-refractivity contribution in [2.24, 2.45) is 11.7 Å². The standard InChI is InChI=1S/C24H29N5O4/c25-22(26)17-3-1-16(2-4-17)13-27-14-21-15-29(24(32)33-21)20-7-5-19(6-8-20)28-11-9-18(10-12-28)23(30)31/h1-8,18,21,27H,9-15H2,(H3,25,26)(H,30,31)/t21-/m0/s1. The van der Waals surface area contributed by atoms with Crippen LogP contribution in [0.5, 0.6) is 0 Å². The summed E-state index contributed by atoms with van der Waals surface area (Å²) in [6.07, 6.45) is 0.683. The number of benzene rings is 2. The van der Waals surface area contributed by atoms with Crippen LogP contribution >= 0.6 is 0 Å². The number of carbonyl (C=O) groups excluding carboxylic acids is 1. The molecule has 0 radical (unpaired) electrons. The van der Waals surface area contributed by atoms with Gasteiger partial charge in [0.25, 0.3) is 0 Å². The number of carboxylic acids is 1. The van der Waals surface area contributed by atoms with Crippen molar-refractivity contribution in [3.8, 4) is 0 Å². The van der Waals surface area contributed by atoms with Gasteiger partial charge in [0, 0.05) is 43.1 Å². The van der Waals surface area contributed by atoms with Crippen LogP contribution in [0.15, 0.2) is 48.5 Å². The van der Waals surface area contributed by atoms with E-state index in [1.165, 1.54) is 0 Å². The predicted octanol–water partition coefficient (Wildman–Crippen LogP) is 2.39. The molecule has 0 saturated carbocycles. The van der Waals surface area contributed by atoms with Crippen LogP contribution in [0.3, 0.4) is 0 Å². The highest BCUT2D eigenvalue weighted by atomic mass is 16.6. The number of hydrogen-bond acceptors (Lipinski definition) is 6. The van der Waals surface area contributed by atoms with Crippen molar-refractivity contribution in [2.75, 3.05) is 36.0 Å². The summed E-state index contributed by atoms with van der Waals surface area (Å²) in [4.78, 5) is 27.3. The minimum absolute atomic E-state index is 0.0447. The number of nitrogen functional groups attached to an aromatic ring is 1. The van der Waals surface area contributed by atoms with Crippen LogP contribution in [-0.2, 0) is 16.1 Å². The maximum atomic E-state index is 12.4. The Morgan fingerprint density at radius 2 is 1.73 bits per heavy atom. The zero-order valence-corrected chi connectivity index (χ0v) is 18.4. The Balaban J connectivity index is 1.26. The molecule has 9 heteroatoms. The predicted molar refractivity (Wildman–Crippen MR) is 126 cm³/mol. The molecule has 5 N–H and O–H groups in total. The average molecular weight is 452 g/mol. The molecule has 2 aliphatic rings. The molecule has 0 aromatic heterocycles. The SMILES string of the molecule is N=C(N)c1ccc(CNC[C@H]2CN(c3ccc(N4CCC(C(=O)O)CC4)cc3)C(=O)O2)cc1. The number of rotatable bonds is 8. The number of nitrogens with two attached hydrogens (primary N) is 1. The Morgan fingerprint density at radius 1 is 1.09 bits per heavy atom. The van der Waals surface area contributed by atoms with Crippen molar-refractivity contribution < 1.29 is 19.4 Å². The number of anilines is 2. The molecule has 0 bridgehead atoms. The van der Waals surface area contributed by atoms with Gasteiger partial charge in [0.1, 0.15) is 11.9 Å². The second-order valence-corrected chi connectivity index (χ2v) is 8.47. The molecular formula is C24H29N5O4. The third-order valence-corrected chi connectivity index (χ3v) is 6.21. The number of nitrogens with zero attached hydrogens (tertiary/aromatic N) is 2. The first kappa shape index (κ1) is 22.6. The van der Waals surface area contributed by atoms with Crippen molar-refractivity contribution in [3.05, 3.63) is 59.7 Å². The van der Waals surface area contributed by atoms with Crippen LogP contribution in [0.4, 0.5) is 16.2 Å². The average Bonchev–Trinajstić information content (AvgIpc) is 3.20. The Bertz CT molecular complexity index is 1000. The number of carboxylic acid groups (broad SMARTS) is 1. The summed E-state index contributed by atoms with van der Waals surface area (Å²) in [5.74, 6) is -0.930. The van der Waals surface area contributed by atoms with Gasteiger partial charge < -0.3 is 25.8 Å². The Hall–Kier alpha value is -3.59. The lowest BCUT2D eigenvalue weighted by molar-refractivity contribution is -0.142. The number of carbonyl (C=O) groups is 2. The Labute approximate surface area is 192 Å². The van der Waals surface area contributed by atoms with E-state index < -0.39 is 5.97 Å². The Kier molecular flexibility index (Phi) is 6.79. The maximum Gasteiger partial charge on any atom is 0.414 e. The number of aliphatic carboxylic acids is 1. The van der Waals surface area contributed by atoms with Crippen LogP contribution in [-0.4, -0.2) is 55.3 Å². The van der Waals surface area contributed by atoms with Crippen molar-refractivity contribution in [3.63, 3.8) is 0 Å². The van der Waals surface area contributed by atoms with Gasteiger partial charge in [-0.15, -0.1) is 0 Å². The molecule has 0 spiro atoms. The maximum absolute atomic E-state index is 12.4. The van der Waals surface area contributed by atoms with E-state index >= 15 is 0 Å². The molecule has 1 amide bonds. The van der Waals surface area contributed by atoms with Crippen molar-refractivity contribution in [1.82, 2.24) is 5.32 Å². The number of hydrogen-bond donors (Lipinski definition) is 4. The fourth-order valence-corrected chi connectivity index (χ4v) is 4.25. The first-order valence-electron chi connectivity index (χ1n) is 11.1. The summed E-state index contributed by atoms with van der Waals surface area (Å²) in [5, 5.41) is 19.9. The fraction of sp³-hybridized carbons (Fsp3) is 0.375. The zero-order chi connectivity index (χ0) is 23.4. The van der Waals surface area contributed by atoms with Gasteiger partial charge >= 0.3 is 12.1 Å². The molecule has 2 aromatic carbocycles. The van der Waals surface area contributed by atoms with Gasteiger partial charge in [-0.25, -0.2) is 4.79 Å². The van der Waals surface area contributed by atoms with Crippen molar-refractivity contribution in [2.45, 2.75) is 25.5 Å². The number of amides is 1.